The van der Waals surface area contributed by atoms with Gasteiger partial charge in [0.25, 0.3) is 0 Å². The fraction of sp³-hybridized carbons (Fsp3) is 0.222. The lowest BCUT2D eigenvalue weighted by Gasteiger charge is -1.89. The minimum absolute atomic E-state index is 0.306. The maximum atomic E-state index is 11.3. The van der Waals surface area contributed by atoms with E-state index in [-0.39, 0.29) is 0 Å². The first-order chi connectivity index (χ1) is 5.86. The molecule has 3 heteroatoms. The molecule has 12 heavy (non-hydrogen) atoms. The Kier molecular flexibility index (Phi) is 1.06. The van der Waals surface area contributed by atoms with Gasteiger partial charge in [0, 0.05) is 29.3 Å². The van der Waals surface area contributed by atoms with Gasteiger partial charge in [-0.1, -0.05) is 0 Å². The molecule has 2 nitrogen and oxygen atoms in total. The number of ketones is 1. The number of rotatable bonds is 0. The quantitative estimate of drug-likeness (QED) is 0.604. The fourth-order valence-electron chi connectivity index (χ4n) is 1.82. The minimum Gasteiger partial charge on any atom is -0.311 e. The van der Waals surface area contributed by atoms with Gasteiger partial charge in [-0.2, -0.15) is 0 Å². The van der Waals surface area contributed by atoms with Gasteiger partial charge in [0.15, 0.2) is 5.78 Å². The number of aryl methyl sites for hydroxylation is 1. The molecule has 2 heterocycles. The summed E-state index contributed by atoms with van der Waals surface area (Å²) in [5, 5.41) is 2.05. The van der Waals surface area contributed by atoms with E-state index in [9.17, 15) is 4.79 Å². The highest BCUT2D eigenvalue weighted by Gasteiger charge is 2.23. The van der Waals surface area contributed by atoms with Crippen LogP contribution in [0.4, 0.5) is 0 Å². The largest absolute Gasteiger partial charge is 0.311 e. The summed E-state index contributed by atoms with van der Waals surface area (Å²) in [6.45, 7) is 0. The second-order valence-electron chi connectivity index (χ2n) is 3.04. The summed E-state index contributed by atoms with van der Waals surface area (Å²) in [5.74, 6) is 0.306. The van der Waals surface area contributed by atoms with Crippen LogP contribution in [-0.4, -0.2) is 10.2 Å². The summed E-state index contributed by atoms with van der Waals surface area (Å²) < 4.78 is 2.13. The molecule has 3 rings (SSSR count). The molecule has 60 valence electrons. The van der Waals surface area contributed by atoms with E-state index < -0.39 is 0 Å². The van der Waals surface area contributed by atoms with Crippen molar-refractivity contribution in [2.75, 3.05) is 0 Å². The molecule has 0 spiro atoms. The van der Waals surface area contributed by atoms with Crippen LogP contribution in [0.2, 0.25) is 0 Å². The SMILES string of the molecule is O=C1CCc2c1cc1sccn21. The molecule has 0 bridgehead atoms. The Morgan fingerprint density at radius 2 is 2.33 bits per heavy atom. The topological polar surface area (TPSA) is 21.5 Å². The zero-order chi connectivity index (χ0) is 8.13. The van der Waals surface area contributed by atoms with E-state index in [4.69, 9.17) is 0 Å². The molecule has 0 saturated carbocycles. The molecule has 0 aromatic carbocycles. The van der Waals surface area contributed by atoms with Crippen LogP contribution < -0.4 is 0 Å². The smallest absolute Gasteiger partial charge is 0.165 e. The molecule has 0 fully saturated rings. The number of carbonyl (C=O) groups is 1. The van der Waals surface area contributed by atoms with Gasteiger partial charge < -0.3 is 4.40 Å². The van der Waals surface area contributed by atoms with Crippen molar-refractivity contribution < 1.29 is 4.79 Å². The number of fused-ring (bicyclic) bond motifs is 3. The Labute approximate surface area is 73.4 Å². The number of Topliss-reactive ketones (excluding diaryl/α,β-unsaturated/α-hetero) is 1. The average molecular weight is 177 g/mol. The van der Waals surface area contributed by atoms with E-state index >= 15 is 0 Å². The summed E-state index contributed by atoms with van der Waals surface area (Å²) in [5.41, 5.74) is 2.15. The molecule has 0 unspecified atom stereocenters. The average Bonchev–Trinajstić information content (AvgIpc) is 2.63. The Bertz CT molecular complexity index is 466. The molecule has 0 N–H and O–H groups in total. The summed E-state index contributed by atoms with van der Waals surface area (Å²) in [6.07, 6.45) is 3.65. The molecular formula is C9H7NOS. The maximum Gasteiger partial charge on any atom is 0.165 e. The predicted molar refractivity (Wildman–Crippen MR) is 47.9 cm³/mol. The molecular weight excluding hydrogens is 170 g/mol. The molecule has 2 aromatic rings. The molecule has 0 aliphatic heterocycles. The molecule has 0 amide bonds. The van der Waals surface area contributed by atoms with Crippen molar-refractivity contribution in [1.29, 1.82) is 0 Å². The normalized spacial score (nSPS) is 15.8. The Balaban J connectivity index is 2.46. The Morgan fingerprint density at radius 3 is 3.25 bits per heavy atom. The van der Waals surface area contributed by atoms with Crippen LogP contribution in [0.15, 0.2) is 17.6 Å². The van der Waals surface area contributed by atoms with Crippen molar-refractivity contribution in [2.24, 2.45) is 0 Å². The number of nitrogens with zero attached hydrogens (tertiary/aromatic N) is 1. The first-order valence-electron chi connectivity index (χ1n) is 3.97. The van der Waals surface area contributed by atoms with Crippen LogP contribution in [-0.2, 0) is 6.42 Å². The Hall–Kier alpha value is -1.09. The van der Waals surface area contributed by atoms with E-state index in [0.717, 1.165) is 12.0 Å². The fourth-order valence-corrected chi connectivity index (χ4v) is 2.61. The van der Waals surface area contributed by atoms with Crippen molar-refractivity contribution in [3.05, 3.63) is 28.9 Å². The lowest BCUT2D eigenvalue weighted by atomic mass is 10.2. The zero-order valence-electron chi connectivity index (χ0n) is 6.41. The van der Waals surface area contributed by atoms with Gasteiger partial charge in [0.05, 0.1) is 0 Å². The summed E-state index contributed by atoms with van der Waals surface area (Å²) in [4.78, 5) is 12.5. The number of hydrogen-bond donors (Lipinski definition) is 0. The van der Waals surface area contributed by atoms with Crippen LogP contribution in [0.1, 0.15) is 22.5 Å². The summed E-state index contributed by atoms with van der Waals surface area (Å²) >= 11 is 1.68. The van der Waals surface area contributed by atoms with E-state index in [1.807, 2.05) is 12.3 Å². The second kappa shape index (κ2) is 1.98. The minimum atomic E-state index is 0.306. The number of carbonyl (C=O) groups excluding carboxylic acids is 1. The van der Waals surface area contributed by atoms with Gasteiger partial charge >= 0.3 is 0 Å². The lowest BCUT2D eigenvalue weighted by Crippen LogP contribution is -1.86. The molecule has 2 aromatic heterocycles. The summed E-state index contributed by atoms with van der Waals surface area (Å²) in [6, 6.07) is 2.01. The van der Waals surface area contributed by atoms with Gasteiger partial charge in [-0.3, -0.25) is 4.79 Å². The summed E-state index contributed by atoms with van der Waals surface area (Å²) in [7, 11) is 0. The molecule has 1 aliphatic carbocycles. The third-order valence-corrected chi connectivity index (χ3v) is 3.21. The monoisotopic (exact) mass is 177 g/mol. The van der Waals surface area contributed by atoms with Crippen molar-refractivity contribution in [3.8, 4) is 0 Å². The van der Waals surface area contributed by atoms with Gasteiger partial charge in [-0.15, -0.1) is 11.3 Å². The van der Waals surface area contributed by atoms with E-state index in [2.05, 4.69) is 9.78 Å². The van der Waals surface area contributed by atoms with Crippen molar-refractivity contribution in [1.82, 2.24) is 4.40 Å². The van der Waals surface area contributed by atoms with Gasteiger partial charge in [-0.05, 0) is 12.5 Å². The number of hydrogen-bond acceptors (Lipinski definition) is 2. The van der Waals surface area contributed by atoms with E-state index in [1.54, 1.807) is 11.3 Å². The first kappa shape index (κ1) is 6.43. The Morgan fingerprint density at radius 1 is 1.42 bits per heavy atom. The van der Waals surface area contributed by atoms with Crippen LogP contribution in [0.5, 0.6) is 0 Å². The van der Waals surface area contributed by atoms with Crippen molar-refractivity contribution in [3.63, 3.8) is 0 Å². The van der Waals surface area contributed by atoms with Crippen LogP contribution in [0.25, 0.3) is 4.83 Å². The lowest BCUT2D eigenvalue weighted by molar-refractivity contribution is 0.0995. The molecule has 0 saturated heterocycles. The predicted octanol–water partition coefficient (Wildman–Crippen LogP) is 2.13. The highest BCUT2D eigenvalue weighted by molar-refractivity contribution is 7.15. The van der Waals surface area contributed by atoms with E-state index in [1.165, 1.54) is 10.5 Å². The molecule has 0 atom stereocenters. The highest BCUT2D eigenvalue weighted by Crippen LogP contribution is 2.28. The van der Waals surface area contributed by atoms with Crippen molar-refractivity contribution in [2.45, 2.75) is 12.8 Å². The number of aromatic nitrogens is 1. The number of thiazole rings is 1. The first-order valence-corrected chi connectivity index (χ1v) is 4.85. The van der Waals surface area contributed by atoms with Gasteiger partial charge in [0.2, 0.25) is 0 Å². The molecule has 0 radical (unpaired) electrons. The third kappa shape index (κ3) is 0.623. The van der Waals surface area contributed by atoms with E-state index in [0.29, 0.717) is 12.2 Å². The van der Waals surface area contributed by atoms with Crippen LogP contribution in [0, 0.1) is 0 Å². The molecule has 1 aliphatic rings. The van der Waals surface area contributed by atoms with Gasteiger partial charge in [-0.25, -0.2) is 0 Å². The van der Waals surface area contributed by atoms with Gasteiger partial charge in [0.1, 0.15) is 4.83 Å². The highest BCUT2D eigenvalue weighted by atomic mass is 32.1. The van der Waals surface area contributed by atoms with Crippen LogP contribution in [0.3, 0.4) is 0 Å². The van der Waals surface area contributed by atoms with Crippen molar-refractivity contribution >= 4 is 22.0 Å². The third-order valence-electron chi connectivity index (χ3n) is 2.39. The van der Waals surface area contributed by atoms with Crippen LogP contribution >= 0.6 is 11.3 Å². The maximum absolute atomic E-state index is 11.3. The second-order valence-corrected chi connectivity index (χ2v) is 3.97. The standard InChI is InChI=1S/C9H7NOS/c11-8-2-1-7-6(8)5-9-10(7)3-4-12-9/h3-5H,1-2H2. The zero-order valence-corrected chi connectivity index (χ0v) is 7.23.